The number of unbranched alkanes of at least 4 members (excludes halogenated alkanes) is 1. The van der Waals surface area contributed by atoms with Crippen LogP contribution in [0.3, 0.4) is 0 Å². The lowest BCUT2D eigenvalue weighted by Gasteiger charge is -2.27. The molecule has 5 unspecified atom stereocenters. The van der Waals surface area contributed by atoms with Gasteiger partial charge in [-0.25, -0.2) is 0 Å². The van der Waals surface area contributed by atoms with Crippen LogP contribution in [0.2, 0.25) is 0 Å². The van der Waals surface area contributed by atoms with E-state index in [-0.39, 0.29) is 0 Å². The van der Waals surface area contributed by atoms with Crippen molar-refractivity contribution in [2.45, 2.75) is 138 Å². The quantitative estimate of drug-likeness (QED) is 0.199. The van der Waals surface area contributed by atoms with Gasteiger partial charge < -0.3 is 5.73 Å². The Hall–Kier alpha value is -0.0400. The fraction of sp³-hybridized carbons (Fsp3) is 1.00. The van der Waals surface area contributed by atoms with E-state index in [0.717, 1.165) is 36.1 Å². The first kappa shape index (κ1) is 29.0. The van der Waals surface area contributed by atoms with E-state index in [1.165, 1.54) is 89.9 Å². The van der Waals surface area contributed by atoms with Crippen LogP contribution >= 0.6 is 0 Å². The third-order valence-electron chi connectivity index (χ3n) is 7.32. The molecule has 5 atom stereocenters. The molecule has 0 aliphatic heterocycles. The third kappa shape index (κ3) is 16.3. The van der Waals surface area contributed by atoms with Crippen molar-refractivity contribution in [2.75, 3.05) is 6.54 Å². The molecular weight excluding hydrogens is 350 g/mol. The summed E-state index contributed by atoms with van der Waals surface area (Å²) < 4.78 is 0. The Balaban J connectivity index is 4.25. The van der Waals surface area contributed by atoms with Crippen molar-refractivity contribution in [1.29, 1.82) is 0 Å². The van der Waals surface area contributed by atoms with E-state index in [2.05, 4.69) is 48.5 Å². The Morgan fingerprint density at radius 1 is 0.586 bits per heavy atom. The van der Waals surface area contributed by atoms with Crippen LogP contribution in [-0.4, -0.2) is 6.54 Å². The Morgan fingerprint density at radius 2 is 1.17 bits per heavy atom. The molecule has 0 radical (unpaired) electrons. The van der Waals surface area contributed by atoms with E-state index in [0.29, 0.717) is 5.92 Å². The topological polar surface area (TPSA) is 26.0 Å². The second-order valence-corrected chi connectivity index (χ2v) is 11.0. The summed E-state index contributed by atoms with van der Waals surface area (Å²) >= 11 is 0. The Morgan fingerprint density at radius 3 is 1.76 bits per heavy atom. The number of rotatable bonds is 20. The van der Waals surface area contributed by atoms with Gasteiger partial charge in [0, 0.05) is 0 Å². The Bertz CT molecular complexity index is 337. The van der Waals surface area contributed by atoms with Crippen LogP contribution in [0.5, 0.6) is 0 Å². The molecule has 0 aliphatic rings. The summed E-state index contributed by atoms with van der Waals surface area (Å²) in [6, 6.07) is 0. The van der Waals surface area contributed by atoms with Gasteiger partial charge in [0.2, 0.25) is 0 Å². The van der Waals surface area contributed by atoms with Crippen LogP contribution in [0, 0.1) is 35.5 Å². The van der Waals surface area contributed by atoms with E-state index in [1.807, 2.05) is 0 Å². The lowest BCUT2D eigenvalue weighted by molar-refractivity contribution is 0.245. The highest BCUT2D eigenvalue weighted by molar-refractivity contribution is 4.71. The molecule has 0 aromatic carbocycles. The Kier molecular flexibility index (Phi) is 18.7. The van der Waals surface area contributed by atoms with Gasteiger partial charge in [0.25, 0.3) is 0 Å². The average molecular weight is 410 g/mol. The smallest absolute Gasteiger partial charge is 0.00515 e. The molecule has 0 saturated heterocycles. The van der Waals surface area contributed by atoms with Crippen LogP contribution in [0.15, 0.2) is 0 Å². The average Bonchev–Trinajstić information content (AvgIpc) is 2.67. The maximum atomic E-state index is 5.80. The molecule has 0 heterocycles. The molecule has 29 heavy (non-hydrogen) atoms. The summed E-state index contributed by atoms with van der Waals surface area (Å²) in [4.78, 5) is 0. The minimum absolute atomic E-state index is 0.691. The Labute approximate surface area is 186 Å². The first-order valence-corrected chi connectivity index (χ1v) is 13.5. The van der Waals surface area contributed by atoms with Gasteiger partial charge in [-0.2, -0.15) is 0 Å². The number of hydrogen-bond acceptors (Lipinski definition) is 1. The number of hydrogen-bond donors (Lipinski definition) is 1. The second-order valence-electron chi connectivity index (χ2n) is 11.0. The van der Waals surface area contributed by atoms with Gasteiger partial charge >= 0.3 is 0 Å². The van der Waals surface area contributed by atoms with Crippen LogP contribution in [0.25, 0.3) is 0 Å². The summed E-state index contributed by atoms with van der Waals surface area (Å²) in [5.74, 6) is 5.24. The summed E-state index contributed by atoms with van der Waals surface area (Å²) in [6.07, 6.45) is 19.9. The molecule has 0 aliphatic carbocycles. The molecule has 1 heteroatoms. The molecule has 0 bridgehead atoms. The van der Waals surface area contributed by atoms with Crippen LogP contribution in [0.4, 0.5) is 0 Å². The van der Waals surface area contributed by atoms with Crippen LogP contribution in [-0.2, 0) is 0 Å². The summed E-state index contributed by atoms with van der Waals surface area (Å²) in [5.41, 5.74) is 5.80. The molecular formula is C28H59N. The van der Waals surface area contributed by atoms with Crippen molar-refractivity contribution >= 4 is 0 Å². The molecule has 0 aromatic heterocycles. The zero-order valence-electron chi connectivity index (χ0n) is 21.6. The summed E-state index contributed by atoms with van der Waals surface area (Å²) in [5, 5.41) is 0. The first-order chi connectivity index (χ1) is 13.8. The molecule has 176 valence electrons. The van der Waals surface area contributed by atoms with E-state index in [4.69, 9.17) is 5.73 Å². The summed E-state index contributed by atoms with van der Waals surface area (Å²) in [6.45, 7) is 17.6. The molecule has 0 rings (SSSR count). The van der Waals surface area contributed by atoms with Gasteiger partial charge in [0.15, 0.2) is 0 Å². The van der Waals surface area contributed by atoms with Crippen molar-refractivity contribution in [1.82, 2.24) is 0 Å². The third-order valence-corrected chi connectivity index (χ3v) is 7.32. The maximum Gasteiger partial charge on any atom is -0.00515 e. The minimum Gasteiger partial charge on any atom is -0.330 e. The standard InChI is InChI=1S/C28H59N/c1-8-13-27(17-12-15-23(3)4)16-10-11-18-28(14-9-2)26(7)21-24(5)19-20-25(6)22-29/h23-28H,8-22,29H2,1-7H3. The van der Waals surface area contributed by atoms with E-state index < -0.39 is 0 Å². The molecule has 2 N–H and O–H groups in total. The molecule has 0 aromatic rings. The maximum absolute atomic E-state index is 5.80. The first-order valence-electron chi connectivity index (χ1n) is 13.5. The van der Waals surface area contributed by atoms with Crippen molar-refractivity contribution in [2.24, 2.45) is 41.2 Å². The van der Waals surface area contributed by atoms with Gasteiger partial charge in [0.1, 0.15) is 0 Å². The fourth-order valence-corrected chi connectivity index (χ4v) is 5.21. The molecule has 1 nitrogen and oxygen atoms in total. The van der Waals surface area contributed by atoms with E-state index >= 15 is 0 Å². The highest BCUT2D eigenvalue weighted by atomic mass is 14.5. The van der Waals surface area contributed by atoms with Crippen molar-refractivity contribution < 1.29 is 0 Å². The summed E-state index contributed by atoms with van der Waals surface area (Å²) in [7, 11) is 0. The van der Waals surface area contributed by atoms with Crippen molar-refractivity contribution in [3.63, 3.8) is 0 Å². The molecule has 0 saturated carbocycles. The van der Waals surface area contributed by atoms with E-state index in [9.17, 15) is 0 Å². The largest absolute Gasteiger partial charge is 0.330 e. The highest BCUT2D eigenvalue weighted by Crippen LogP contribution is 2.31. The zero-order valence-corrected chi connectivity index (χ0v) is 21.6. The van der Waals surface area contributed by atoms with Gasteiger partial charge in [0.05, 0.1) is 0 Å². The van der Waals surface area contributed by atoms with Crippen molar-refractivity contribution in [3.8, 4) is 0 Å². The zero-order chi connectivity index (χ0) is 22.1. The molecule has 0 spiro atoms. The van der Waals surface area contributed by atoms with Gasteiger partial charge in [-0.1, -0.05) is 126 Å². The number of nitrogens with two attached hydrogens (primary N) is 1. The van der Waals surface area contributed by atoms with Gasteiger partial charge in [-0.3, -0.25) is 0 Å². The highest BCUT2D eigenvalue weighted by Gasteiger charge is 2.19. The lowest BCUT2D eigenvalue weighted by atomic mass is 9.79. The fourth-order valence-electron chi connectivity index (χ4n) is 5.21. The molecule has 0 fully saturated rings. The minimum atomic E-state index is 0.691. The SMILES string of the molecule is CCCC(CCCCC(CCC)C(C)CC(C)CCC(C)CN)CCCC(C)C. The van der Waals surface area contributed by atoms with Crippen molar-refractivity contribution in [3.05, 3.63) is 0 Å². The van der Waals surface area contributed by atoms with Crippen LogP contribution in [0.1, 0.15) is 138 Å². The molecule has 0 amide bonds. The predicted molar refractivity (Wildman–Crippen MR) is 134 cm³/mol. The predicted octanol–water partition coefficient (Wildman–Crippen LogP) is 9.24. The van der Waals surface area contributed by atoms with Gasteiger partial charge in [-0.15, -0.1) is 0 Å². The monoisotopic (exact) mass is 409 g/mol. The van der Waals surface area contributed by atoms with Gasteiger partial charge in [-0.05, 0) is 54.9 Å². The second kappa shape index (κ2) is 18.7. The lowest BCUT2D eigenvalue weighted by Crippen LogP contribution is -2.17. The van der Waals surface area contributed by atoms with Crippen LogP contribution < -0.4 is 5.73 Å². The van der Waals surface area contributed by atoms with E-state index in [1.54, 1.807) is 0 Å². The normalized spacial score (nSPS) is 17.3.